The summed E-state index contributed by atoms with van der Waals surface area (Å²) in [4.78, 5) is 2.51. The number of benzene rings is 1. The summed E-state index contributed by atoms with van der Waals surface area (Å²) in [5.74, 6) is 1.63. The largest absolute Gasteiger partial charge is 0.493 e. The van der Waals surface area contributed by atoms with Crippen LogP contribution in [0.3, 0.4) is 0 Å². The molecule has 0 aromatic heterocycles. The van der Waals surface area contributed by atoms with Gasteiger partial charge in [0.15, 0.2) is 11.5 Å². The van der Waals surface area contributed by atoms with Crippen LogP contribution in [0.2, 0.25) is 0 Å². The van der Waals surface area contributed by atoms with Gasteiger partial charge in [0.25, 0.3) is 0 Å². The highest BCUT2D eigenvalue weighted by Gasteiger charge is 2.23. The summed E-state index contributed by atoms with van der Waals surface area (Å²) in [6, 6.07) is 7.22. The molecule has 1 saturated heterocycles. The van der Waals surface area contributed by atoms with Crippen LogP contribution in [0, 0.1) is 0 Å². The first-order valence-corrected chi connectivity index (χ1v) is 7.33. The smallest absolute Gasteiger partial charge is 0.165 e. The molecule has 1 fully saturated rings. The molecule has 1 N–H and O–H groups in total. The second-order valence-electron chi connectivity index (χ2n) is 5.61. The minimum Gasteiger partial charge on any atom is -0.493 e. The van der Waals surface area contributed by atoms with Gasteiger partial charge in [0, 0.05) is 30.7 Å². The van der Waals surface area contributed by atoms with E-state index < -0.39 is 0 Å². The van der Waals surface area contributed by atoms with Crippen molar-refractivity contribution >= 4 is 0 Å². The van der Waals surface area contributed by atoms with E-state index in [1.54, 1.807) is 14.2 Å². The van der Waals surface area contributed by atoms with Crippen molar-refractivity contribution in [1.82, 2.24) is 10.2 Å². The van der Waals surface area contributed by atoms with E-state index in [0.29, 0.717) is 12.1 Å². The van der Waals surface area contributed by atoms with Crippen molar-refractivity contribution in [3.63, 3.8) is 0 Å². The quantitative estimate of drug-likeness (QED) is 0.865. The van der Waals surface area contributed by atoms with Gasteiger partial charge >= 0.3 is 0 Å². The first kappa shape index (κ1) is 15.1. The average molecular weight is 278 g/mol. The zero-order valence-corrected chi connectivity index (χ0v) is 13.0. The number of hydrogen-bond donors (Lipinski definition) is 1. The molecule has 0 radical (unpaired) electrons. The number of methoxy groups -OCH3 is 2. The molecule has 4 heteroatoms. The van der Waals surface area contributed by atoms with E-state index in [0.717, 1.165) is 30.2 Å². The SMILES string of the molecule is COc1cccc(CN[C@H]2CCN(C(C)C)C2)c1OC. The maximum absolute atomic E-state index is 5.47. The molecular formula is C16H26N2O2. The molecular weight excluding hydrogens is 252 g/mol. The van der Waals surface area contributed by atoms with Gasteiger partial charge in [-0.1, -0.05) is 12.1 Å². The molecule has 1 aromatic carbocycles. The van der Waals surface area contributed by atoms with Crippen LogP contribution >= 0.6 is 0 Å². The predicted octanol–water partition coefficient (Wildman–Crippen LogP) is 2.28. The van der Waals surface area contributed by atoms with E-state index in [1.807, 2.05) is 12.1 Å². The Hall–Kier alpha value is -1.26. The Bertz CT molecular complexity index is 434. The van der Waals surface area contributed by atoms with Crippen molar-refractivity contribution in [2.75, 3.05) is 27.3 Å². The molecule has 1 aliphatic rings. The lowest BCUT2D eigenvalue weighted by Gasteiger charge is -2.21. The monoisotopic (exact) mass is 278 g/mol. The van der Waals surface area contributed by atoms with Gasteiger partial charge < -0.3 is 14.8 Å². The number of rotatable bonds is 6. The second-order valence-corrected chi connectivity index (χ2v) is 5.61. The number of nitrogens with zero attached hydrogens (tertiary/aromatic N) is 1. The van der Waals surface area contributed by atoms with Gasteiger partial charge in [-0.15, -0.1) is 0 Å². The summed E-state index contributed by atoms with van der Waals surface area (Å²) >= 11 is 0. The highest BCUT2D eigenvalue weighted by atomic mass is 16.5. The van der Waals surface area contributed by atoms with Crippen LogP contribution < -0.4 is 14.8 Å². The van der Waals surface area contributed by atoms with Crippen LogP contribution in [-0.2, 0) is 6.54 Å². The Kier molecular flexibility index (Phi) is 5.26. The lowest BCUT2D eigenvalue weighted by molar-refractivity contribution is 0.268. The fourth-order valence-electron chi connectivity index (χ4n) is 2.77. The lowest BCUT2D eigenvalue weighted by Crippen LogP contribution is -2.34. The van der Waals surface area contributed by atoms with Gasteiger partial charge in [-0.25, -0.2) is 0 Å². The van der Waals surface area contributed by atoms with Gasteiger partial charge in [-0.05, 0) is 32.9 Å². The summed E-state index contributed by atoms with van der Waals surface area (Å²) in [5, 5.41) is 3.63. The van der Waals surface area contributed by atoms with E-state index in [1.165, 1.54) is 13.0 Å². The normalized spacial score (nSPS) is 19.6. The molecule has 0 aliphatic carbocycles. The first-order valence-electron chi connectivity index (χ1n) is 7.33. The molecule has 20 heavy (non-hydrogen) atoms. The Morgan fingerprint density at radius 1 is 1.30 bits per heavy atom. The highest BCUT2D eigenvalue weighted by molar-refractivity contribution is 5.46. The summed E-state index contributed by atoms with van der Waals surface area (Å²) in [6.07, 6.45) is 1.21. The summed E-state index contributed by atoms with van der Waals surface area (Å²) < 4.78 is 10.8. The summed E-state index contributed by atoms with van der Waals surface area (Å²) in [7, 11) is 3.37. The topological polar surface area (TPSA) is 33.7 Å². The average Bonchev–Trinajstić information content (AvgIpc) is 2.93. The van der Waals surface area contributed by atoms with E-state index in [-0.39, 0.29) is 0 Å². The molecule has 1 heterocycles. The Labute approximate surface area is 122 Å². The molecule has 4 nitrogen and oxygen atoms in total. The fourth-order valence-corrected chi connectivity index (χ4v) is 2.77. The number of para-hydroxylation sites is 1. The Morgan fingerprint density at radius 2 is 2.10 bits per heavy atom. The van der Waals surface area contributed by atoms with Gasteiger partial charge in [0.1, 0.15) is 0 Å². The van der Waals surface area contributed by atoms with Crippen LogP contribution in [0.15, 0.2) is 18.2 Å². The van der Waals surface area contributed by atoms with Crippen molar-refractivity contribution < 1.29 is 9.47 Å². The van der Waals surface area contributed by atoms with Crippen molar-refractivity contribution in [3.05, 3.63) is 23.8 Å². The van der Waals surface area contributed by atoms with Crippen LogP contribution in [0.4, 0.5) is 0 Å². The molecule has 0 bridgehead atoms. The van der Waals surface area contributed by atoms with Crippen molar-refractivity contribution in [2.45, 2.75) is 38.9 Å². The zero-order valence-electron chi connectivity index (χ0n) is 13.0. The third kappa shape index (κ3) is 3.44. The van der Waals surface area contributed by atoms with E-state index in [9.17, 15) is 0 Å². The number of likely N-dealkylation sites (tertiary alicyclic amines) is 1. The molecule has 2 rings (SSSR count). The molecule has 1 atom stereocenters. The molecule has 0 spiro atoms. The van der Waals surface area contributed by atoms with Gasteiger partial charge in [-0.2, -0.15) is 0 Å². The molecule has 0 unspecified atom stereocenters. The van der Waals surface area contributed by atoms with Crippen LogP contribution in [0.5, 0.6) is 11.5 Å². The number of nitrogens with one attached hydrogen (secondary N) is 1. The van der Waals surface area contributed by atoms with E-state index >= 15 is 0 Å². The van der Waals surface area contributed by atoms with E-state index in [4.69, 9.17) is 9.47 Å². The van der Waals surface area contributed by atoms with Gasteiger partial charge in [0.05, 0.1) is 14.2 Å². The van der Waals surface area contributed by atoms with Crippen LogP contribution in [0.25, 0.3) is 0 Å². The van der Waals surface area contributed by atoms with Gasteiger partial charge in [0.2, 0.25) is 0 Å². The molecule has 0 amide bonds. The van der Waals surface area contributed by atoms with E-state index in [2.05, 4.69) is 30.1 Å². The number of ether oxygens (including phenoxy) is 2. The third-order valence-electron chi connectivity index (χ3n) is 4.02. The molecule has 0 saturated carbocycles. The van der Waals surface area contributed by atoms with Crippen molar-refractivity contribution in [3.8, 4) is 11.5 Å². The zero-order chi connectivity index (χ0) is 14.5. The molecule has 112 valence electrons. The van der Waals surface area contributed by atoms with Gasteiger partial charge in [-0.3, -0.25) is 4.90 Å². The maximum atomic E-state index is 5.47. The molecule has 1 aliphatic heterocycles. The standard InChI is InChI=1S/C16H26N2O2/c1-12(2)18-9-8-14(11-18)17-10-13-6-5-7-15(19-3)16(13)20-4/h5-7,12,14,17H,8-11H2,1-4H3/t14-/m0/s1. The van der Waals surface area contributed by atoms with Crippen molar-refractivity contribution in [2.24, 2.45) is 0 Å². The first-order chi connectivity index (χ1) is 9.65. The predicted molar refractivity (Wildman–Crippen MR) is 81.5 cm³/mol. The Balaban J connectivity index is 1.95. The lowest BCUT2D eigenvalue weighted by atomic mass is 10.1. The summed E-state index contributed by atoms with van der Waals surface area (Å²) in [5.41, 5.74) is 1.15. The van der Waals surface area contributed by atoms with Crippen LogP contribution in [0.1, 0.15) is 25.8 Å². The Morgan fingerprint density at radius 3 is 2.70 bits per heavy atom. The number of hydrogen-bond acceptors (Lipinski definition) is 4. The summed E-state index contributed by atoms with van der Waals surface area (Å²) in [6.45, 7) is 7.65. The highest BCUT2D eigenvalue weighted by Crippen LogP contribution is 2.30. The minimum absolute atomic E-state index is 0.563. The minimum atomic E-state index is 0.563. The second kappa shape index (κ2) is 6.95. The molecule has 1 aromatic rings. The van der Waals surface area contributed by atoms with Crippen LogP contribution in [-0.4, -0.2) is 44.3 Å². The third-order valence-corrected chi connectivity index (χ3v) is 4.02. The maximum Gasteiger partial charge on any atom is 0.165 e. The van der Waals surface area contributed by atoms with Crippen molar-refractivity contribution in [1.29, 1.82) is 0 Å². The fraction of sp³-hybridized carbons (Fsp3) is 0.625.